The van der Waals surface area contributed by atoms with Crippen LogP contribution < -0.4 is 9.46 Å². The van der Waals surface area contributed by atoms with Crippen molar-refractivity contribution in [2.75, 3.05) is 6.54 Å². The van der Waals surface area contributed by atoms with Crippen LogP contribution in [-0.2, 0) is 14.8 Å². The Morgan fingerprint density at radius 3 is 2.24 bits per heavy atom. The Bertz CT molecular complexity index is 1230. The SMILES string of the molecule is Cc1ccc(S(=O)(=O)NCC(C)(C)C)cc1C#Cc1cc(Cl)ccc1OC(C(=O)O)C(C)(C)C. The van der Waals surface area contributed by atoms with E-state index in [-0.39, 0.29) is 16.1 Å². The monoisotopic (exact) mass is 505 g/mol. The molecule has 34 heavy (non-hydrogen) atoms. The molecule has 0 aliphatic heterocycles. The van der Waals surface area contributed by atoms with Crippen LogP contribution in [0.5, 0.6) is 5.75 Å². The van der Waals surface area contributed by atoms with Crippen molar-refractivity contribution < 1.29 is 23.1 Å². The average molecular weight is 506 g/mol. The van der Waals surface area contributed by atoms with E-state index in [1.165, 1.54) is 6.07 Å². The smallest absolute Gasteiger partial charge is 0.345 e. The molecule has 8 heteroatoms. The summed E-state index contributed by atoms with van der Waals surface area (Å²) in [5.74, 6) is 5.17. The lowest BCUT2D eigenvalue weighted by molar-refractivity contribution is -0.150. The number of carboxylic acid groups (broad SMARTS) is 1. The molecule has 0 aliphatic rings. The number of aryl methyl sites for hydroxylation is 1. The summed E-state index contributed by atoms with van der Waals surface area (Å²) in [7, 11) is -3.70. The summed E-state index contributed by atoms with van der Waals surface area (Å²) >= 11 is 6.15. The maximum absolute atomic E-state index is 12.7. The summed E-state index contributed by atoms with van der Waals surface area (Å²) in [5, 5.41) is 10.0. The van der Waals surface area contributed by atoms with Crippen molar-refractivity contribution in [3.8, 4) is 17.6 Å². The zero-order valence-electron chi connectivity index (χ0n) is 20.6. The second kappa shape index (κ2) is 10.4. The first kappa shape index (κ1) is 27.7. The van der Waals surface area contributed by atoms with Crippen LogP contribution in [0.1, 0.15) is 58.2 Å². The van der Waals surface area contributed by atoms with Gasteiger partial charge in [-0.25, -0.2) is 17.9 Å². The van der Waals surface area contributed by atoms with E-state index in [9.17, 15) is 18.3 Å². The number of nitrogens with one attached hydrogen (secondary N) is 1. The number of ether oxygens (including phenoxy) is 1. The van der Waals surface area contributed by atoms with Gasteiger partial charge in [0.2, 0.25) is 10.0 Å². The van der Waals surface area contributed by atoms with E-state index in [0.717, 1.165) is 5.56 Å². The van der Waals surface area contributed by atoms with E-state index in [4.69, 9.17) is 16.3 Å². The zero-order chi connectivity index (χ0) is 25.9. The van der Waals surface area contributed by atoms with Crippen LogP contribution >= 0.6 is 11.6 Å². The zero-order valence-corrected chi connectivity index (χ0v) is 22.2. The van der Waals surface area contributed by atoms with Gasteiger partial charge in [0.15, 0.2) is 6.10 Å². The summed E-state index contributed by atoms with van der Waals surface area (Å²) in [6.07, 6.45) is -1.10. The molecule has 6 nitrogen and oxygen atoms in total. The van der Waals surface area contributed by atoms with Gasteiger partial charge in [-0.1, -0.05) is 71.1 Å². The van der Waals surface area contributed by atoms with Crippen molar-refractivity contribution in [1.82, 2.24) is 4.72 Å². The molecule has 0 amide bonds. The van der Waals surface area contributed by atoms with Gasteiger partial charge in [0, 0.05) is 22.5 Å². The minimum Gasteiger partial charge on any atom is -0.478 e. The van der Waals surface area contributed by atoms with Gasteiger partial charge in [0.1, 0.15) is 5.75 Å². The van der Waals surface area contributed by atoms with Gasteiger partial charge in [-0.3, -0.25) is 0 Å². The molecule has 0 aliphatic carbocycles. The molecule has 2 rings (SSSR count). The summed E-state index contributed by atoms with van der Waals surface area (Å²) in [6.45, 7) is 13.3. The molecule has 0 fully saturated rings. The van der Waals surface area contributed by atoms with Crippen LogP contribution in [-0.4, -0.2) is 32.1 Å². The number of hydrogen-bond donors (Lipinski definition) is 2. The van der Waals surface area contributed by atoms with Crippen LogP contribution in [0.3, 0.4) is 0 Å². The van der Waals surface area contributed by atoms with Crippen molar-refractivity contribution in [1.29, 1.82) is 0 Å². The van der Waals surface area contributed by atoms with Gasteiger partial charge in [0.05, 0.1) is 10.5 Å². The standard InChI is InChI=1S/C26H32ClNO5S/c1-17-8-12-21(34(31,32)28-16-25(2,3)4)15-18(17)9-10-19-14-20(27)11-13-22(19)33-23(24(29)30)26(5,6)7/h8,11-15,23,28H,16H2,1-7H3,(H,29,30). The van der Waals surface area contributed by atoms with Crippen LogP contribution in [0.25, 0.3) is 0 Å². The number of carbonyl (C=O) groups is 1. The van der Waals surface area contributed by atoms with Gasteiger partial charge in [-0.15, -0.1) is 0 Å². The number of benzene rings is 2. The van der Waals surface area contributed by atoms with Gasteiger partial charge in [-0.2, -0.15) is 0 Å². The molecule has 0 saturated heterocycles. The second-order valence-electron chi connectivity index (χ2n) is 10.5. The minimum absolute atomic E-state index is 0.118. The topological polar surface area (TPSA) is 92.7 Å². The molecule has 0 heterocycles. The number of rotatable bonds is 6. The fourth-order valence-corrected chi connectivity index (χ4v) is 4.34. The molecular weight excluding hydrogens is 474 g/mol. The normalized spacial score (nSPS) is 13.1. The van der Waals surface area contributed by atoms with E-state index in [0.29, 0.717) is 22.7 Å². The molecular formula is C26H32ClNO5S. The maximum Gasteiger partial charge on any atom is 0.345 e. The summed E-state index contributed by atoms with van der Waals surface area (Å²) in [6, 6.07) is 9.53. The predicted molar refractivity (Wildman–Crippen MR) is 135 cm³/mol. The number of aliphatic carboxylic acids is 1. The lowest BCUT2D eigenvalue weighted by atomic mass is 9.89. The quantitative estimate of drug-likeness (QED) is 0.523. The first-order valence-corrected chi connectivity index (χ1v) is 12.7. The van der Waals surface area contributed by atoms with Crippen LogP contribution in [0.2, 0.25) is 5.02 Å². The summed E-state index contributed by atoms with van der Waals surface area (Å²) < 4.78 is 33.9. The van der Waals surface area contributed by atoms with E-state index in [2.05, 4.69) is 16.6 Å². The Morgan fingerprint density at radius 2 is 1.68 bits per heavy atom. The lowest BCUT2D eigenvalue weighted by Gasteiger charge is -2.28. The van der Waals surface area contributed by atoms with Crippen molar-refractivity contribution in [3.05, 3.63) is 58.1 Å². The molecule has 0 radical (unpaired) electrons. The van der Waals surface area contributed by atoms with E-state index < -0.39 is 27.5 Å². The average Bonchev–Trinajstić information content (AvgIpc) is 2.69. The highest BCUT2D eigenvalue weighted by molar-refractivity contribution is 7.89. The molecule has 0 saturated carbocycles. The highest BCUT2D eigenvalue weighted by Crippen LogP contribution is 2.29. The molecule has 184 valence electrons. The molecule has 1 unspecified atom stereocenters. The molecule has 0 spiro atoms. The predicted octanol–water partition coefficient (Wildman–Crippen LogP) is 5.25. The van der Waals surface area contributed by atoms with Gasteiger partial charge >= 0.3 is 5.97 Å². The van der Waals surface area contributed by atoms with E-state index in [1.54, 1.807) is 51.1 Å². The lowest BCUT2D eigenvalue weighted by Crippen LogP contribution is -2.39. The summed E-state index contributed by atoms with van der Waals surface area (Å²) in [5.41, 5.74) is 0.862. The van der Waals surface area contributed by atoms with Gasteiger partial charge < -0.3 is 9.84 Å². The fourth-order valence-electron chi connectivity index (χ4n) is 2.86. The fraction of sp³-hybridized carbons (Fsp3) is 0.423. The summed E-state index contributed by atoms with van der Waals surface area (Å²) in [4.78, 5) is 11.9. The highest BCUT2D eigenvalue weighted by Gasteiger charge is 2.33. The Balaban J connectivity index is 2.46. The van der Waals surface area contributed by atoms with Crippen LogP contribution in [0.15, 0.2) is 41.3 Å². The second-order valence-corrected chi connectivity index (χ2v) is 12.7. The first-order chi connectivity index (χ1) is 15.5. The number of sulfonamides is 1. The Hall–Kier alpha value is -2.53. The van der Waals surface area contributed by atoms with Crippen LogP contribution in [0, 0.1) is 29.6 Å². The number of hydrogen-bond acceptors (Lipinski definition) is 4. The Kier molecular flexibility index (Phi) is 8.47. The van der Waals surface area contributed by atoms with Crippen molar-refractivity contribution >= 4 is 27.6 Å². The third-order valence-corrected chi connectivity index (χ3v) is 6.47. The molecule has 0 aromatic heterocycles. The molecule has 1 atom stereocenters. The number of carboxylic acids is 1. The van der Waals surface area contributed by atoms with E-state index >= 15 is 0 Å². The van der Waals surface area contributed by atoms with Gasteiger partial charge in [0.25, 0.3) is 0 Å². The minimum atomic E-state index is -3.70. The van der Waals surface area contributed by atoms with Crippen LogP contribution in [0.4, 0.5) is 0 Å². The van der Waals surface area contributed by atoms with Crippen molar-refractivity contribution in [2.24, 2.45) is 10.8 Å². The third-order valence-electron chi connectivity index (χ3n) is 4.84. The first-order valence-electron chi connectivity index (χ1n) is 10.8. The van der Waals surface area contributed by atoms with Crippen molar-refractivity contribution in [3.63, 3.8) is 0 Å². The Labute approximate surface area is 207 Å². The van der Waals surface area contributed by atoms with E-state index in [1.807, 2.05) is 27.7 Å². The maximum atomic E-state index is 12.7. The van der Waals surface area contributed by atoms with Gasteiger partial charge in [-0.05, 0) is 48.2 Å². The third kappa shape index (κ3) is 7.76. The van der Waals surface area contributed by atoms with Crippen molar-refractivity contribution in [2.45, 2.75) is 59.5 Å². The molecule has 2 aromatic rings. The Morgan fingerprint density at radius 1 is 1.06 bits per heavy atom. The molecule has 2 aromatic carbocycles. The number of halogens is 1. The molecule has 2 N–H and O–H groups in total. The highest BCUT2D eigenvalue weighted by atomic mass is 35.5. The molecule has 0 bridgehead atoms. The largest absolute Gasteiger partial charge is 0.478 e.